The summed E-state index contributed by atoms with van der Waals surface area (Å²) in [6.45, 7) is -0.0800. The Morgan fingerprint density at radius 1 is 0.574 bits per heavy atom. The van der Waals surface area contributed by atoms with Gasteiger partial charge in [0.25, 0.3) is 11.8 Å². The van der Waals surface area contributed by atoms with Gasteiger partial charge in [0.05, 0.1) is 64.8 Å². The number of rotatable bonds is 19. The van der Waals surface area contributed by atoms with Gasteiger partial charge in [-0.3, -0.25) is 59.8 Å². The van der Waals surface area contributed by atoms with Crippen molar-refractivity contribution in [1.82, 2.24) is 43.5 Å². The number of hydrogen-bond acceptors (Lipinski definition) is 35. The molecule has 2 unspecified atom stereocenters. The smallest absolute Gasteiger partial charge is 0.472 e. The fourth-order valence-corrected chi connectivity index (χ4v) is 12.1. The summed E-state index contributed by atoms with van der Waals surface area (Å²) in [5, 5.41) is 88.8. The van der Waals surface area contributed by atoms with E-state index in [1.54, 1.807) is 6.92 Å². The minimum Gasteiger partial charge on any atom is -0.481 e. The molecule has 50 nitrogen and oxygen atoms in total. The van der Waals surface area contributed by atoms with Crippen LogP contribution in [0.1, 0.15) is 80.2 Å². The van der Waals surface area contributed by atoms with Crippen LogP contribution in [0.2, 0.25) is 0 Å². The Bertz CT molecular complexity index is 3740. The highest BCUT2D eigenvalue weighted by atomic mass is 32.1. The highest BCUT2D eigenvalue weighted by Crippen LogP contribution is 2.54. The molecule has 2 amide bonds. The minimum atomic E-state index is -4.87. The Hall–Kier alpha value is -5.35. The maximum atomic E-state index is 12.2. The van der Waals surface area contributed by atoms with E-state index in [9.17, 15) is 87.5 Å². The number of esters is 1. The lowest BCUT2D eigenvalue weighted by Gasteiger charge is -2.27. The van der Waals surface area contributed by atoms with Gasteiger partial charge < -0.3 is 133 Å². The van der Waals surface area contributed by atoms with Crippen molar-refractivity contribution in [1.29, 1.82) is 0 Å². The number of carbonyl (C=O) groups excluding carboxylic acids is 3. The third-order valence-corrected chi connectivity index (χ3v) is 16.9. The second-order valence-electron chi connectivity index (χ2n) is 20.3. The van der Waals surface area contributed by atoms with Crippen LogP contribution >= 0.6 is 98.8 Å². The Balaban J connectivity index is 0.000000454. The molecule has 101 heavy (non-hydrogen) atoms. The number of aliphatic carboxylic acids is 2. The van der Waals surface area contributed by atoms with Crippen molar-refractivity contribution in [2.45, 2.75) is 118 Å². The molecule has 10 heterocycles. The second-order valence-corrected chi connectivity index (χ2v) is 25.6. The van der Waals surface area contributed by atoms with Gasteiger partial charge in [-0.15, -0.1) is 0 Å². The number of primary amides is 1. The monoisotopic (exact) mass is 1630 g/mol. The number of hydrogen-bond donors (Lipinski definition) is 21. The molecule has 0 radical (unpaired) electrons. The average molecular weight is 1630 g/mol. The van der Waals surface area contributed by atoms with Crippen molar-refractivity contribution in [3.8, 4) is 0 Å². The van der Waals surface area contributed by atoms with Gasteiger partial charge >= 0.3 is 55.2 Å². The molecule has 0 spiro atoms. The number of aromatic nitrogens is 8. The van der Waals surface area contributed by atoms with Crippen LogP contribution < -0.4 is 34.0 Å². The van der Waals surface area contributed by atoms with Crippen molar-refractivity contribution < 1.29 is 173 Å². The van der Waals surface area contributed by atoms with Gasteiger partial charge in [-0.25, -0.2) is 52.6 Å². The van der Waals surface area contributed by atoms with Gasteiger partial charge in [0.2, 0.25) is 0 Å². The molecule has 19 atom stereocenters. The number of aliphatic hydroxyl groups excluding tert-OH is 6. The minimum absolute atomic E-state index is 0. The average Bonchev–Trinajstić information content (AvgIpc) is 1.64. The van der Waals surface area contributed by atoms with Crippen LogP contribution in [-0.2, 0) is 78.7 Å². The number of fused-ring (bicyclic) bond motifs is 2. The molecule has 4 aromatic rings. The van der Waals surface area contributed by atoms with Crippen LogP contribution in [0.25, 0.3) is 0 Å². The Morgan fingerprint density at radius 3 is 1.26 bits per heavy atom. The van der Waals surface area contributed by atoms with Crippen molar-refractivity contribution in [2.24, 2.45) is 5.73 Å². The highest BCUT2D eigenvalue weighted by molar-refractivity contribution is 7.60. The number of nitrogens with zero attached hydrogens (tertiary/aromatic N) is 8. The number of nitrogens with one attached hydrogen (secondary N) is 1. The SMILES string of the molecule is CCOC(=O)c1ncn([C@@H]2O[C@@H]3COP(=O)(O)O[C@H]3[C@H]2O)c1N.NC(=O)c1ncn([C@@H]2O[C@H](COP(=O)(O)O)[C@@H](O)[C@H]2O)c1N.Nc1c(C(=O)N[C@@H](CC(=O)O)C(=O)O)ncn1[C@@H]1O[C@H](COP(=O)(O)O)[C@@H](O)[C@H]1O.Nc1c(C(=O)O)ncn1[C@@H]1O[C@@H]2COP(=O)(O)O[C@H]2[C@H]1O.S.S.S.S.S. The van der Waals surface area contributed by atoms with E-state index in [1.165, 1.54) is 10.9 Å². The Labute approximate surface area is 599 Å². The first-order valence-corrected chi connectivity index (χ1v) is 32.8. The second kappa shape index (κ2) is 37.1. The van der Waals surface area contributed by atoms with Gasteiger partial charge in [0, 0.05) is 0 Å². The third kappa shape index (κ3) is 22.1. The molecule has 0 saturated carbocycles. The molecular formula is C42H72N14O36P4S5. The Morgan fingerprint density at radius 2 is 0.921 bits per heavy atom. The zero-order valence-electron chi connectivity index (χ0n) is 50.9. The third-order valence-electron chi connectivity index (χ3n) is 13.9. The molecule has 4 aromatic heterocycles. The summed E-state index contributed by atoms with van der Waals surface area (Å²) in [6.07, 6.45) is -16.5. The number of phosphoric ester groups is 4. The van der Waals surface area contributed by atoms with Crippen molar-refractivity contribution in [3.05, 3.63) is 48.1 Å². The number of phosphoric acid groups is 4. The molecular weight excluding hydrogens is 1560 g/mol. The highest BCUT2D eigenvalue weighted by Gasteiger charge is 2.55. The van der Waals surface area contributed by atoms with Crippen LogP contribution in [0.4, 0.5) is 23.3 Å². The first-order chi connectivity index (χ1) is 44.6. The number of anilines is 4. The molecule has 6 fully saturated rings. The lowest BCUT2D eigenvalue weighted by atomic mass is 10.1. The lowest BCUT2D eigenvalue weighted by Crippen LogP contribution is -2.42. The van der Waals surface area contributed by atoms with Gasteiger partial charge in [-0.2, -0.15) is 67.5 Å². The van der Waals surface area contributed by atoms with Crippen molar-refractivity contribution in [2.75, 3.05) is 56.0 Å². The number of carboxylic acids is 3. The number of carbonyl (C=O) groups is 6. The fourth-order valence-electron chi connectivity index (χ4n) is 9.45. The molecule has 10 rings (SSSR count). The maximum Gasteiger partial charge on any atom is 0.472 e. The molecule has 0 aromatic carbocycles. The molecule has 0 aliphatic carbocycles. The summed E-state index contributed by atoms with van der Waals surface area (Å²) in [5.74, 6) is -7.96. The fraction of sp³-hybridized carbons (Fsp3) is 0.571. The zero-order valence-corrected chi connectivity index (χ0v) is 59.5. The van der Waals surface area contributed by atoms with Crippen LogP contribution in [0.15, 0.2) is 25.3 Å². The lowest BCUT2D eigenvalue weighted by molar-refractivity contribution is -0.145. The van der Waals surface area contributed by atoms with E-state index in [-0.39, 0.29) is 122 Å². The Kier molecular flexibility index (Phi) is 33.7. The number of ether oxygens (including phenoxy) is 5. The summed E-state index contributed by atoms with van der Waals surface area (Å²) in [7, 11) is -18.1. The summed E-state index contributed by atoms with van der Waals surface area (Å²) in [5.41, 5.74) is 26.7. The van der Waals surface area contributed by atoms with Crippen LogP contribution in [-0.4, -0.2) is 262 Å². The largest absolute Gasteiger partial charge is 0.481 e. The van der Waals surface area contributed by atoms with E-state index < -0.39 is 202 Å². The molecule has 0 bridgehead atoms. The molecule has 576 valence electrons. The maximum absolute atomic E-state index is 12.2. The summed E-state index contributed by atoms with van der Waals surface area (Å²) in [6, 6.07) is -1.76. The molecule has 6 saturated heterocycles. The summed E-state index contributed by atoms with van der Waals surface area (Å²) in [4.78, 5) is 136. The van der Waals surface area contributed by atoms with Gasteiger partial charge in [0.15, 0.2) is 47.7 Å². The molecule has 6 aliphatic heterocycles. The normalized spacial score (nSPS) is 30.2. The van der Waals surface area contributed by atoms with E-state index in [0.29, 0.717) is 0 Å². The topological polar surface area (TPSA) is 789 Å². The van der Waals surface area contributed by atoms with Gasteiger partial charge in [-0.05, 0) is 6.92 Å². The number of nitrogens with two attached hydrogens (primary N) is 5. The molecule has 59 heteroatoms. The van der Waals surface area contributed by atoms with E-state index in [4.69, 9.17) is 96.3 Å². The summed E-state index contributed by atoms with van der Waals surface area (Å²) < 4.78 is 102. The number of nitrogen functional groups attached to an aromatic ring is 4. The molecule has 6 aliphatic rings. The van der Waals surface area contributed by atoms with Gasteiger partial charge in [-0.1, -0.05) is 0 Å². The van der Waals surface area contributed by atoms with Crippen molar-refractivity contribution >= 4 is 158 Å². The van der Waals surface area contributed by atoms with Crippen LogP contribution in [0.3, 0.4) is 0 Å². The number of aliphatic hydroxyl groups is 6. The quantitative estimate of drug-likeness (QED) is 0.0306. The van der Waals surface area contributed by atoms with Crippen molar-refractivity contribution in [3.63, 3.8) is 0 Å². The predicted octanol–water partition coefficient (Wildman–Crippen LogP) is -6.94. The van der Waals surface area contributed by atoms with Crippen LogP contribution in [0.5, 0.6) is 0 Å². The van der Waals surface area contributed by atoms with Crippen LogP contribution in [0, 0.1) is 0 Å². The molecule has 26 N–H and O–H groups in total. The number of carboxylic acid groups (broad SMARTS) is 3. The van der Waals surface area contributed by atoms with E-state index in [0.717, 1.165) is 32.7 Å². The number of imidazole rings is 4. The first kappa shape index (κ1) is 91.7. The van der Waals surface area contributed by atoms with E-state index in [2.05, 4.69) is 38.0 Å². The number of amides is 2. The van der Waals surface area contributed by atoms with E-state index in [1.807, 2.05) is 5.32 Å². The van der Waals surface area contributed by atoms with Gasteiger partial charge in [0.1, 0.15) is 103 Å². The standard InChI is InChI=1S/C13H19N4O12P.C11H16N3O8P.C9H15N4O8P.C9H12N3O8P.5H2S/c14-10-7(11(22)16-4(13(23)24)1-6(18)19)15-3-17(10)12-9(21)8(20)5(29-12)2-28-30(25,26)27;1-2-19-11(16)6-9(12)14(4-13-6)10-7(15)8-5(21-10)3-20-23(17,18)22-8;10-7-4(8(11)16)12-2-13(7)9-6(15)5(14)3(21-9)1-20-22(17,18)19;10-7-4(9(14)15)11-2-12(7)8-5(13)6-3(19-8)1-18-21(16,17)20-6;;;;;/h3-5,8-9,12,20-21H,1-2,14H2,(H,16,22)(H,18,19)(H,23,24)(H2,25,26,27);4-5,7-8,10,15H,2-3,12H2,1H3,(H,17,18);2-3,5-6,9,14-15H,1,10H2,(H2,11,16)(H2,17,18,19);2-3,5-6,8,13H,1,10H2,(H,14,15)(H,16,17);5*1H2/t4-,5+,8+,9+,12+;5-,7-,8-,10-;3-,5-,6-,9-;3-,5-,6-,8-;;;;;/m0111...../s1. The van der Waals surface area contributed by atoms with E-state index >= 15 is 0 Å². The predicted molar refractivity (Wildman–Crippen MR) is 350 cm³/mol. The number of aromatic carboxylic acids is 1. The first-order valence-electron chi connectivity index (χ1n) is 26.7. The zero-order chi connectivity index (χ0) is 71.6. The summed E-state index contributed by atoms with van der Waals surface area (Å²) >= 11 is 0.